The van der Waals surface area contributed by atoms with Crippen LogP contribution in [0.5, 0.6) is 5.75 Å². The number of epoxide rings is 1. The molecule has 0 unspecified atom stereocenters. The molecule has 1 heterocycles. The molecule has 0 amide bonds. The summed E-state index contributed by atoms with van der Waals surface area (Å²) >= 11 is 0. The Morgan fingerprint density at radius 3 is 2.38 bits per heavy atom. The van der Waals surface area contributed by atoms with Crippen LogP contribution in [0.15, 0.2) is 35.4 Å². The molecule has 5 fully saturated rings. The van der Waals surface area contributed by atoms with Gasteiger partial charge in [0.1, 0.15) is 17.6 Å². The number of phenols is 1. The molecule has 0 aromatic heterocycles. The summed E-state index contributed by atoms with van der Waals surface area (Å²) in [6.45, 7) is 16.1. The summed E-state index contributed by atoms with van der Waals surface area (Å²) in [6, 6.07) is 7.36. The van der Waals surface area contributed by atoms with Crippen molar-refractivity contribution >= 4 is 11.6 Å². The molecule has 1 aromatic rings. The van der Waals surface area contributed by atoms with Crippen molar-refractivity contribution in [1.82, 2.24) is 0 Å². The van der Waals surface area contributed by atoms with E-state index in [1.807, 2.05) is 12.1 Å². The van der Waals surface area contributed by atoms with Gasteiger partial charge >= 0.3 is 0 Å². The van der Waals surface area contributed by atoms with Gasteiger partial charge in [-0.15, -0.1) is 0 Å². The molecule has 4 saturated carbocycles. The van der Waals surface area contributed by atoms with Gasteiger partial charge in [-0.2, -0.15) is 0 Å². The van der Waals surface area contributed by atoms with Crippen molar-refractivity contribution in [1.29, 1.82) is 0 Å². The number of carbonyl (C=O) groups excluding carboxylic acids is 2. The number of ketones is 2. The van der Waals surface area contributed by atoms with Crippen LogP contribution in [-0.4, -0.2) is 39.6 Å². The zero-order valence-corrected chi connectivity index (χ0v) is 30.2. The van der Waals surface area contributed by atoms with Crippen LogP contribution >= 0.6 is 0 Å². The van der Waals surface area contributed by atoms with E-state index in [0.717, 1.165) is 56.1 Å². The standard InChI is InChI=1S/C42H60O5/c1-8-12-26(22-31(44)37-42(7,47-37)27-14-9-10-15-27)35-30-17-18-34-39(4)23-29(25-13-11-16-28(43)21-25)36(46)38(2,3)33(39)19-20-40(34,5)41(30,6)24-32(35)45/h11,13,16,21,26-27,29,31,33-34,37,43-44H,8-10,12,14-15,17-20,22-24H2,1-7H3/t26-,29+,31-,33-,34+,37+,39-,40+,41+,42-/m1/s1. The molecule has 5 heteroatoms. The Balaban J connectivity index is 1.20. The Hall–Kier alpha value is -1.98. The van der Waals surface area contributed by atoms with Gasteiger partial charge in [0.05, 0.1) is 11.7 Å². The number of aliphatic hydroxyl groups is 1. The van der Waals surface area contributed by atoms with Crippen LogP contribution in [0.25, 0.3) is 0 Å². The van der Waals surface area contributed by atoms with Crippen molar-refractivity contribution in [3.63, 3.8) is 0 Å². The van der Waals surface area contributed by atoms with Crippen molar-refractivity contribution in [3.05, 3.63) is 41.0 Å². The molecular weight excluding hydrogens is 584 g/mol. The van der Waals surface area contributed by atoms with Gasteiger partial charge in [-0.1, -0.05) is 78.5 Å². The second-order valence-electron chi connectivity index (χ2n) is 18.4. The van der Waals surface area contributed by atoms with E-state index in [4.69, 9.17) is 4.74 Å². The molecule has 258 valence electrons. The number of aliphatic hydroxyl groups excluding tert-OH is 1. The van der Waals surface area contributed by atoms with E-state index in [1.165, 1.54) is 31.3 Å². The molecule has 5 aliphatic carbocycles. The molecule has 0 radical (unpaired) electrons. The molecule has 6 aliphatic rings. The van der Waals surface area contributed by atoms with E-state index in [-0.39, 0.29) is 51.5 Å². The minimum atomic E-state index is -0.539. The zero-order valence-electron chi connectivity index (χ0n) is 30.2. The summed E-state index contributed by atoms with van der Waals surface area (Å²) in [5.41, 5.74) is 2.38. The predicted molar refractivity (Wildman–Crippen MR) is 185 cm³/mol. The van der Waals surface area contributed by atoms with E-state index in [2.05, 4.69) is 48.5 Å². The maximum absolute atomic E-state index is 14.3. The van der Waals surface area contributed by atoms with Gasteiger partial charge in [-0.25, -0.2) is 0 Å². The molecule has 0 spiro atoms. The lowest BCUT2D eigenvalue weighted by molar-refractivity contribution is -0.183. The van der Waals surface area contributed by atoms with Gasteiger partial charge in [0.25, 0.3) is 0 Å². The first-order valence-corrected chi connectivity index (χ1v) is 19.1. The molecule has 7 rings (SSSR count). The Morgan fingerprint density at radius 2 is 1.70 bits per heavy atom. The summed E-state index contributed by atoms with van der Waals surface area (Å²) in [6.07, 6.45) is 12.2. The quantitative estimate of drug-likeness (QED) is 0.276. The molecular formula is C42H60O5. The second kappa shape index (κ2) is 11.3. The SMILES string of the molecule is CCC[C@H](C[C@@H](O)[C@@H]1O[C@]1(C)C1CCCC1)C1=C2CC[C@H]3[C@]4(C)C[C@@H](c5cccc(O)c5)C(=O)C(C)(C)[C@H]4CC[C@]3(C)[C@@]2(C)CC1=O. The van der Waals surface area contributed by atoms with Gasteiger partial charge in [-0.05, 0) is 122 Å². The highest BCUT2D eigenvalue weighted by Gasteiger charge is 2.69. The summed E-state index contributed by atoms with van der Waals surface area (Å²) < 4.78 is 6.28. The number of carbonyl (C=O) groups is 2. The lowest BCUT2D eigenvalue weighted by Crippen LogP contribution is -2.63. The third-order valence-electron chi connectivity index (χ3n) is 15.8. The summed E-state index contributed by atoms with van der Waals surface area (Å²) in [7, 11) is 0. The van der Waals surface area contributed by atoms with Gasteiger partial charge in [-0.3, -0.25) is 9.59 Å². The van der Waals surface area contributed by atoms with E-state index < -0.39 is 11.5 Å². The van der Waals surface area contributed by atoms with Crippen molar-refractivity contribution in [3.8, 4) is 5.75 Å². The van der Waals surface area contributed by atoms with Gasteiger partial charge in [0.2, 0.25) is 0 Å². The number of fused-ring (bicyclic) bond motifs is 5. The lowest BCUT2D eigenvalue weighted by atomic mass is 9.35. The largest absolute Gasteiger partial charge is 0.508 e. The number of hydrogen-bond donors (Lipinski definition) is 2. The normalized spacial score (nSPS) is 42.6. The first kappa shape index (κ1) is 33.5. The monoisotopic (exact) mass is 644 g/mol. The van der Waals surface area contributed by atoms with Crippen molar-refractivity contribution in [2.75, 3.05) is 0 Å². The Morgan fingerprint density at radius 1 is 0.979 bits per heavy atom. The smallest absolute Gasteiger partial charge is 0.160 e. The summed E-state index contributed by atoms with van der Waals surface area (Å²) in [5, 5.41) is 21.9. The van der Waals surface area contributed by atoms with Gasteiger partial charge < -0.3 is 14.9 Å². The highest BCUT2D eigenvalue weighted by molar-refractivity contribution is 6.00. The molecule has 10 atom stereocenters. The number of aromatic hydroxyl groups is 1. The lowest BCUT2D eigenvalue weighted by Gasteiger charge is -2.68. The average molecular weight is 645 g/mol. The number of allylic oxidation sites excluding steroid dienone is 2. The first-order valence-electron chi connectivity index (χ1n) is 19.1. The fourth-order valence-electron chi connectivity index (χ4n) is 13.2. The van der Waals surface area contributed by atoms with Crippen LogP contribution in [0.4, 0.5) is 0 Å². The topological polar surface area (TPSA) is 87.1 Å². The van der Waals surface area contributed by atoms with Crippen LogP contribution < -0.4 is 0 Å². The Labute approximate surface area is 283 Å². The van der Waals surface area contributed by atoms with Crippen LogP contribution in [0.2, 0.25) is 0 Å². The minimum Gasteiger partial charge on any atom is -0.508 e. The fourth-order valence-corrected chi connectivity index (χ4v) is 13.2. The van der Waals surface area contributed by atoms with Crippen molar-refractivity contribution in [2.45, 2.75) is 156 Å². The molecule has 1 aliphatic heterocycles. The van der Waals surface area contributed by atoms with E-state index in [0.29, 0.717) is 36.2 Å². The molecule has 5 nitrogen and oxygen atoms in total. The van der Waals surface area contributed by atoms with Crippen molar-refractivity contribution in [2.24, 2.45) is 45.3 Å². The maximum atomic E-state index is 14.3. The van der Waals surface area contributed by atoms with Gasteiger partial charge in [0.15, 0.2) is 5.78 Å². The molecule has 2 N–H and O–H groups in total. The second-order valence-corrected chi connectivity index (χ2v) is 18.4. The molecule has 1 aromatic carbocycles. The van der Waals surface area contributed by atoms with Crippen molar-refractivity contribution < 1.29 is 24.5 Å². The Kier molecular flexibility index (Phi) is 8.04. The zero-order chi connectivity index (χ0) is 33.7. The van der Waals surface area contributed by atoms with Crippen LogP contribution in [-0.2, 0) is 14.3 Å². The number of phenolic OH excluding ortho intramolecular Hbond substituents is 1. The van der Waals surface area contributed by atoms with E-state index in [1.54, 1.807) is 12.1 Å². The number of Topliss-reactive ketones (excluding diaryl/α,β-unsaturated/α-hetero) is 2. The number of hydrogen-bond acceptors (Lipinski definition) is 5. The highest BCUT2D eigenvalue weighted by atomic mass is 16.6. The van der Waals surface area contributed by atoms with Crippen LogP contribution in [0, 0.1) is 45.3 Å². The average Bonchev–Trinajstić information content (AvgIpc) is 3.31. The highest BCUT2D eigenvalue weighted by Crippen LogP contribution is 2.75. The molecule has 0 bridgehead atoms. The van der Waals surface area contributed by atoms with Gasteiger partial charge in [0, 0.05) is 23.2 Å². The Bertz CT molecular complexity index is 1470. The third-order valence-corrected chi connectivity index (χ3v) is 15.8. The fraction of sp³-hybridized carbons (Fsp3) is 0.762. The third kappa shape index (κ3) is 4.82. The van der Waals surface area contributed by atoms with Crippen LogP contribution in [0.3, 0.4) is 0 Å². The first-order chi connectivity index (χ1) is 22.1. The number of rotatable bonds is 8. The van der Waals surface area contributed by atoms with Crippen LogP contribution in [0.1, 0.15) is 143 Å². The number of ether oxygens (including phenoxy) is 1. The van der Waals surface area contributed by atoms with E-state index >= 15 is 0 Å². The maximum Gasteiger partial charge on any atom is 0.160 e. The summed E-state index contributed by atoms with van der Waals surface area (Å²) in [4.78, 5) is 28.5. The number of benzene rings is 1. The van der Waals surface area contributed by atoms with E-state index in [9.17, 15) is 19.8 Å². The predicted octanol–water partition coefficient (Wildman–Crippen LogP) is 9.10. The summed E-state index contributed by atoms with van der Waals surface area (Å²) in [5.74, 6) is 1.90. The molecule has 1 saturated heterocycles. The minimum absolute atomic E-state index is 0.0564. The molecule has 47 heavy (non-hydrogen) atoms.